The maximum absolute atomic E-state index is 11.9. The number of hydrogen-bond donors (Lipinski definition) is 1. The van der Waals surface area contributed by atoms with Crippen molar-refractivity contribution in [3.8, 4) is 0 Å². The fourth-order valence-electron chi connectivity index (χ4n) is 2.20. The lowest BCUT2D eigenvalue weighted by atomic mass is 10.0. The normalized spacial score (nSPS) is 21.1. The summed E-state index contributed by atoms with van der Waals surface area (Å²) in [6.45, 7) is 14.0. The Kier molecular flexibility index (Phi) is 5.62. The van der Waals surface area contributed by atoms with Gasteiger partial charge in [0.15, 0.2) is 0 Å². The Morgan fingerprint density at radius 1 is 1.21 bits per heavy atom. The quantitative estimate of drug-likeness (QED) is 0.845. The molecule has 1 rings (SSSR count). The second-order valence-electron chi connectivity index (χ2n) is 6.46. The van der Waals surface area contributed by atoms with E-state index in [9.17, 15) is 4.79 Å². The van der Waals surface area contributed by atoms with Gasteiger partial charge in [-0.25, -0.2) is 4.79 Å². The summed E-state index contributed by atoms with van der Waals surface area (Å²) in [6.07, 6.45) is -0.202. The van der Waals surface area contributed by atoms with Gasteiger partial charge in [-0.2, -0.15) is 0 Å². The summed E-state index contributed by atoms with van der Waals surface area (Å²) < 4.78 is 5.39. The van der Waals surface area contributed by atoms with Crippen LogP contribution in [0.1, 0.15) is 34.6 Å². The molecule has 0 aromatic carbocycles. The summed E-state index contributed by atoms with van der Waals surface area (Å²) >= 11 is 0. The van der Waals surface area contributed by atoms with E-state index in [0.29, 0.717) is 18.5 Å². The molecule has 1 heterocycles. The van der Waals surface area contributed by atoms with Crippen LogP contribution < -0.4 is 5.73 Å². The van der Waals surface area contributed by atoms with Crippen molar-refractivity contribution in [2.75, 3.05) is 32.7 Å². The Morgan fingerprint density at radius 2 is 1.74 bits per heavy atom. The van der Waals surface area contributed by atoms with Gasteiger partial charge in [-0.3, -0.25) is 4.90 Å². The van der Waals surface area contributed by atoms with Gasteiger partial charge in [0, 0.05) is 32.2 Å². The van der Waals surface area contributed by atoms with Crippen molar-refractivity contribution in [3.05, 3.63) is 0 Å². The molecule has 5 heteroatoms. The highest BCUT2D eigenvalue weighted by Crippen LogP contribution is 2.15. The number of nitrogens with two attached hydrogens (primary N) is 1. The number of piperazine rings is 1. The van der Waals surface area contributed by atoms with Crippen molar-refractivity contribution in [2.45, 2.75) is 46.3 Å². The Bertz CT molecular complexity index is 294. The Labute approximate surface area is 117 Å². The van der Waals surface area contributed by atoms with Gasteiger partial charge in [0.2, 0.25) is 0 Å². The van der Waals surface area contributed by atoms with Crippen molar-refractivity contribution in [2.24, 2.45) is 11.7 Å². The van der Waals surface area contributed by atoms with Crippen molar-refractivity contribution in [3.63, 3.8) is 0 Å². The van der Waals surface area contributed by atoms with Crippen molar-refractivity contribution in [1.29, 1.82) is 0 Å². The van der Waals surface area contributed by atoms with E-state index in [1.165, 1.54) is 0 Å². The van der Waals surface area contributed by atoms with Crippen LogP contribution in [0.15, 0.2) is 0 Å². The number of amides is 1. The average molecular weight is 271 g/mol. The minimum Gasteiger partial charge on any atom is -0.444 e. The first-order valence-electron chi connectivity index (χ1n) is 7.16. The minimum absolute atomic E-state index is 0.202. The first-order chi connectivity index (χ1) is 8.74. The highest BCUT2D eigenvalue weighted by atomic mass is 16.6. The van der Waals surface area contributed by atoms with Crippen LogP contribution in [-0.4, -0.2) is 60.3 Å². The first-order valence-corrected chi connectivity index (χ1v) is 7.16. The molecule has 5 nitrogen and oxygen atoms in total. The molecule has 1 saturated heterocycles. The summed E-state index contributed by atoms with van der Waals surface area (Å²) in [6, 6.07) is 0.464. The second-order valence-corrected chi connectivity index (χ2v) is 6.46. The summed E-state index contributed by atoms with van der Waals surface area (Å²) in [5.74, 6) is 0.480. The van der Waals surface area contributed by atoms with Gasteiger partial charge in [-0.05, 0) is 40.2 Å². The summed E-state index contributed by atoms with van der Waals surface area (Å²) in [5.41, 5.74) is 5.29. The maximum atomic E-state index is 11.9. The van der Waals surface area contributed by atoms with Crippen LogP contribution >= 0.6 is 0 Å². The molecule has 0 aromatic rings. The topological polar surface area (TPSA) is 58.8 Å². The fraction of sp³-hybridized carbons (Fsp3) is 0.929. The molecule has 0 bridgehead atoms. The van der Waals surface area contributed by atoms with Crippen molar-refractivity contribution >= 4 is 6.09 Å². The third kappa shape index (κ3) is 4.99. The molecule has 0 spiro atoms. The number of carbonyl (C=O) groups is 1. The highest BCUT2D eigenvalue weighted by Gasteiger charge is 2.28. The molecular formula is C14H29N3O2. The van der Waals surface area contributed by atoms with Crippen LogP contribution in [0.5, 0.6) is 0 Å². The molecule has 2 N–H and O–H groups in total. The fourth-order valence-corrected chi connectivity index (χ4v) is 2.20. The van der Waals surface area contributed by atoms with E-state index in [4.69, 9.17) is 10.5 Å². The van der Waals surface area contributed by atoms with Gasteiger partial charge in [-0.1, -0.05) is 6.92 Å². The monoisotopic (exact) mass is 271 g/mol. The Morgan fingerprint density at radius 3 is 2.16 bits per heavy atom. The number of carbonyl (C=O) groups excluding carboxylic acids is 1. The zero-order chi connectivity index (χ0) is 14.6. The molecule has 112 valence electrons. The molecule has 2 unspecified atom stereocenters. The standard InChI is InChI=1S/C14H29N3O2/c1-11(10-15)12(2)16-6-8-17(9-7-16)13(18)19-14(3,4)5/h11-12H,6-10,15H2,1-5H3. The molecule has 1 amide bonds. The largest absolute Gasteiger partial charge is 0.444 e. The lowest BCUT2D eigenvalue weighted by Crippen LogP contribution is -2.54. The first kappa shape index (κ1) is 16.2. The van der Waals surface area contributed by atoms with Crippen molar-refractivity contribution < 1.29 is 9.53 Å². The van der Waals surface area contributed by atoms with Crippen LogP contribution in [0.25, 0.3) is 0 Å². The van der Waals surface area contributed by atoms with Crippen LogP contribution in [-0.2, 0) is 4.74 Å². The lowest BCUT2D eigenvalue weighted by Gasteiger charge is -2.40. The predicted octanol–water partition coefficient (Wildman–Crippen LogP) is 1.52. The van der Waals surface area contributed by atoms with Gasteiger partial charge < -0.3 is 15.4 Å². The number of nitrogens with zero attached hydrogens (tertiary/aromatic N) is 2. The predicted molar refractivity (Wildman–Crippen MR) is 77.1 cm³/mol. The molecular weight excluding hydrogens is 242 g/mol. The molecule has 1 aliphatic rings. The summed E-state index contributed by atoms with van der Waals surface area (Å²) in [4.78, 5) is 16.1. The molecule has 2 atom stereocenters. The van der Waals surface area contributed by atoms with Gasteiger partial charge in [0.1, 0.15) is 5.60 Å². The summed E-state index contributed by atoms with van der Waals surface area (Å²) in [7, 11) is 0. The van der Waals surface area contributed by atoms with Gasteiger partial charge in [0.25, 0.3) is 0 Å². The minimum atomic E-state index is -0.421. The van der Waals surface area contributed by atoms with Crippen LogP contribution in [0.3, 0.4) is 0 Å². The molecule has 0 aromatic heterocycles. The van der Waals surface area contributed by atoms with E-state index in [-0.39, 0.29) is 6.09 Å². The zero-order valence-corrected chi connectivity index (χ0v) is 13.0. The second kappa shape index (κ2) is 6.57. The van der Waals surface area contributed by atoms with E-state index < -0.39 is 5.60 Å². The average Bonchev–Trinajstić information content (AvgIpc) is 2.35. The van der Waals surface area contributed by atoms with Gasteiger partial charge in [-0.15, -0.1) is 0 Å². The SMILES string of the molecule is CC(CN)C(C)N1CCN(C(=O)OC(C)(C)C)CC1. The third-order valence-electron chi connectivity index (χ3n) is 3.74. The Hall–Kier alpha value is -0.810. The van der Waals surface area contributed by atoms with E-state index in [0.717, 1.165) is 26.2 Å². The molecule has 1 aliphatic heterocycles. The molecule has 0 saturated carbocycles. The van der Waals surface area contributed by atoms with Crippen LogP contribution in [0.4, 0.5) is 4.79 Å². The number of hydrogen-bond acceptors (Lipinski definition) is 4. The number of ether oxygens (including phenoxy) is 1. The number of rotatable bonds is 3. The van der Waals surface area contributed by atoms with E-state index in [1.807, 2.05) is 20.8 Å². The maximum Gasteiger partial charge on any atom is 0.410 e. The van der Waals surface area contributed by atoms with E-state index in [2.05, 4.69) is 18.7 Å². The smallest absolute Gasteiger partial charge is 0.410 e. The van der Waals surface area contributed by atoms with Gasteiger partial charge in [0.05, 0.1) is 0 Å². The Balaban J connectivity index is 2.42. The molecule has 0 radical (unpaired) electrons. The van der Waals surface area contributed by atoms with Gasteiger partial charge >= 0.3 is 6.09 Å². The molecule has 1 fully saturated rings. The summed E-state index contributed by atoms with van der Waals surface area (Å²) in [5, 5.41) is 0. The lowest BCUT2D eigenvalue weighted by molar-refractivity contribution is 0.00864. The zero-order valence-electron chi connectivity index (χ0n) is 13.0. The van der Waals surface area contributed by atoms with Crippen molar-refractivity contribution in [1.82, 2.24) is 9.80 Å². The van der Waals surface area contributed by atoms with Crippen LogP contribution in [0, 0.1) is 5.92 Å². The molecule has 0 aliphatic carbocycles. The molecule has 19 heavy (non-hydrogen) atoms. The third-order valence-corrected chi connectivity index (χ3v) is 3.74. The van der Waals surface area contributed by atoms with Crippen LogP contribution in [0.2, 0.25) is 0 Å². The highest BCUT2D eigenvalue weighted by molar-refractivity contribution is 5.68. The van der Waals surface area contributed by atoms with E-state index >= 15 is 0 Å². The van der Waals surface area contributed by atoms with E-state index in [1.54, 1.807) is 4.90 Å².